The van der Waals surface area contributed by atoms with E-state index in [2.05, 4.69) is 12.1 Å². The lowest BCUT2D eigenvalue weighted by molar-refractivity contribution is -0.132. The van der Waals surface area contributed by atoms with Crippen molar-refractivity contribution >= 4 is 11.8 Å². The van der Waals surface area contributed by atoms with Crippen molar-refractivity contribution in [3.05, 3.63) is 65.2 Å². The monoisotopic (exact) mass is 392 g/mol. The minimum Gasteiger partial charge on any atom is -0.491 e. The van der Waals surface area contributed by atoms with E-state index in [1.54, 1.807) is 0 Å². The molecule has 5 nitrogen and oxygen atoms in total. The fraction of sp³-hybridized carbons (Fsp3) is 0.417. The number of nitrogens with zero attached hydrogens (tertiary/aromatic N) is 2. The van der Waals surface area contributed by atoms with Crippen molar-refractivity contribution in [1.29, 1.82) is 0 Å². The molecule has 0 atom stereocenters. The highest BCUT2D eigenvalue weighted by atomic mass is 16.5. The Morgan fingerprint density at radius 1 is 0.931 bits per heavy atom. The summed E-state index contributed by atoms with van der Waals surface area (Å²) in [6, 6.07) is 15.9. The molecule has 29 heavy (non-hydrogen) atoms. The van der Waals surface area contributed by atoms with Crippen LogP contribution in [0.4, 0.5) is 0 Å². The molecule has 5 heteroatoms. The van der Waals surface area contributed by atoms with Crippen LogP contribution in [-0.4, -0.2) is 47.9 Å². The molecule has 1 saturated heterocycles. The minimum absolute atomic E-state index is 0.0790. The van der Waals surface area contributed by atoms with Crippen molar-refractivity contribution in [2.24, 2.45) is 0 Å². The van der Waals surface area contributed by atoms with Crippen molar-refractivity contribution in [3.8, 4) is 5.75 Å². The van der Waals surface area contributed by atoms with Crippen molar-refractivity contribution in [1.82, 2.24) is 9.80 Å². The average Bonchev–Trinajstić information content (AvgIpc) is 3.20. The number of carbonyl (C=O) groups excluding carboxylic acids is 2. The van der Waals surface area contributed by atoms with Gasteiger partial charge in [-0.15, -0.1) is 0 Å². The van der Waals surface area contributed by atoms with E-state index in [1.807, 2.05) is 46.2 Å². The van der Waals surface area contributed by atoms with Crippen LogP contribution in [0.3, 0.4) is 0 Å². The molecule has 4 rings (SSSR count). The van der Waals surface area contributed by atoms with Gasteiger partial charge in [-0.2, -0.15) is 0 Å². The summed E-state index contributed by atoms with van der Waals surface area (Å²) in [7, 11) is 0. The highest BCUT2D eigenvalue weighted by Crippen LogP contribution is 2.26. The van der Waals surface area contributed by atoms with Gasteiger partial charge >= 0.3 is 0 Å². The van der Waals surface area contributed by atoms with Crippen LogP contribution in [0.25, 0.3) is 0 Å². The topological polar surface area (TPSA) is 49.9 Å². The maximum Gasteiger partial charge on any atom is 0.253 e. The molecular weight excluding hydrogens is 364 g/mol. The normalized spacial score (nSPS) is 16.1. The Labute approximate surface area is 172 Å². The van der Waals surface area contributed by atoms with E-state index < -0.39 is 0 Å². The molecule has 0 radical (unpaired) electrons. The Morgan fingerprint density at radius 2 is 1.72 bits per heavy atom. The summed E-state index contributed by atoms with van der Waals surface area (Å²) in [5.41, 5.74) is 2.87. The molecule has 0 bridgehead atoms. The Bertz CT molecular complexity index is 860. The van der Waals surface area contributed by atoms with Gasteiger partial charge in [-0.1, -0.05) is 30.3 Å². The molecular formula is C24H28N2O3. The summed E-state index contributed by atoms with van der Waals surface area (Å²) in [4.78, 5) is 29.3. The van der Waals surface area contributed by atoms with Gasteiger partial charge in [0.15, 0.2) is 0 Å². The summed E-state index contributed by atoms with van der Waals surface area (Å²) in [5.74, 6) is 1.01. The standard InChI is InChI=1S/C24H28N2O3/c27-23(10-6-9-19-7-2-1-3-8-19)26-15-16-29-22-12-11-20(17-21(22)18-26)24(28)25-13-4-5-14-25/h1-3,7-8,11-12,17H,4-6,9-10,13-16,18H2. The number of fused-ring (bicyclic) bond motifs is 1. The first-order valence-corrected chi connectivity index (χ1v) is 10.6. The zero-order valence-electron chi connectivity index (χ0n) is 16.8. The van der Waals surface area contributed by atoms with Crippen molar-refractivity contribution in [3.63, 3.8) is 0 Å². The number of likely N-dealkylation sites (tertiary alicyclic amines) is 1. The maximum atomic E-state index is 12.8. The van der Waals surface area contributed by atoms with Crippen LogP contribution in [0, 0.1) is 0 Å². The number of rotatable bonds is 5. The van der Waals surface area contributed by atoms with Crippen LogP contribution in [0.2, 0.25) is 0 Å². The van der Waals surface area contributed by atoms with E-state index in [0.29, 0.717) is 31.7 Å². The van der Waals surface area contributed by atoms with Gasteiger partial charge in [0.2, 0.25) is 5.91 Å². The van der Waals surface area contributed by atoms with Gasteiger partial charge in [-0.05, 0) is 49.4 Å². The summed E-state index contributed by atoms with van der Waals surface area (Å²) in [6.45, 7) is 3.22. The molecule has 2 aromatic rings. The molecule has 0 saturated carbocycles. The lowest BCUT2D eigenvalue weighted by atomic mass is 10.1. The van der Waals surface area contributed by atoms with Gasteiger partial charge in [0, 0.05) is 37.2 Å². The number of aryl methyl sites for hydroxylation is 1. The Hall–Kier alpha value is -2.82. The minimum atomic E-state index is 0.0790. The van der Waals surface area contributed by atoms with Gasteiger partial charge in [0.25, 0.3) is 5.91 Å². The molecule has 0 aliphatic carbocycles. The summed E-state index contributed by atoms with van der Waals surface area (Å²) in [5, 5.41) is 0. The van der Waals surface area contributed by atoms with Gasteiger partial charge in [-0.25, -0.2) is 0 Å². The number of benzene rings is 2. The van der Waals surface area contributed by atoms with E-state index in [9.17, 15) is 9.59 Å². The van der Waals surface area contributed by atoms with Crippen LogP contribution in [0.1, 0.15) is 47.2 Å². The number of ether oxygens (including phenoxy) is 1. The second-order valence-electron chi connectivity index (χ2n) is 7.82. The average molecular weight is 392 g/mol. The van der Waals surface area contributed by atoms with Crippen LogP contribution in [0.5, 0.6) is 5.75 Å². The second kappa shape index (κ2) is 9.12. The fourth-order valence-corrected chi connectivity index (χ4v) is 4.09. The van der Waals surface area contributed by atoms with Crippen LogP contribution >= 0.6 is 0 Å². The SMILES string of the molecule is O=C(CCCc1ccccc1)N1CCOc2ccc(C(=O)N3CCCC3)cc2C1. The van der Waals surface area contributed by atoms with Crippen molar-refractivity contribution in [2.75, 3.05) is 26.2 Å². The molecule has 0 N–H and O–H groups in total. The molecule has 2 amide bonds. The number of hydrogen-bond acceptors (Lipinski definition) is 3. The van der Waals surface area contributed by atoms with Crippen LogP contribution < -0.4 is 4.74 Å². The molecule has 2 aliphatic rings. The zero-order chi connectivity index (χ0) is 20.1. The largest absolute Gasteiger partial charge is 0.491 e. The third kappa shape index (κ3) is 4.78. The first-order valence-electron chi connectivity index (χ1n) is 10.6. The van der Waals surface area contributed by atoms with Gasteiger partial charge in [0.05, 0.1) is 6.54 Å². The first kappa shape index (κ1) is 19.5. The molecule has 2 aliphatic heterocycles. The van der Waals surface area contributed by atoms with Crippen molar-refractivity contribution in [2.45, 2.75) is 38.6 Å². The fourth-order valence-electron chi connectivity index (χ4n) is 4.09. The van der Waals surface area contributed by atoms with E-state index in [0.717, 1.165) is 50.1 Å². The third-order valence-electron chi connectivity index (χ3n) is 5.73. The van der Waals surface area contributed by atoms with Gasteiger partial charge < -0.3 is 14.5 Å². The van der Waals surface area contributed by atoms with Gasteiger partial charge in [0.1, 0.15) is 12.4 Å². The predicted octanol–water partition coefficient (Wildman–Crippen LogP) is 3.67. The summed E-state index contributed by atoms with van der Waals surface area (Å²) < 4.78 is 5.84. The molecule has 0 aromatic heterocycles. The lowest BCUT2D eigenvalue weighted by Gasteiger charge is -2.20. The predicted molar refractivity (Wildman–Crippen MR) is 112 cm³/mol. The molecule has 152 valence electrons. The van der Waals surface area contributed by atoms with E-state index in [4.69, 9.17) is 4.74 Å². The number of amides is 2. The molecule has 1 fully saturated rings. The lowest BCUT2D eigenvalue weighted by Crippen LogP contribution is -2.32. The Kier molecular flexibility index (Phi) is 6.13. The smallest absolute Gasteiger partial charge is 0.253 e. The number of hydrogen-bond donors (Lipinski definition) is 0. The second-order valence-corrected chi connectivity index (χ2v) is 7.82. The highest BCUT2D eigenvalue weighted by molar-refractivity contribution is 5.94. The molecule has 2 heterocycles. The number of carbonyl (C=O) groups is 2. The molecule has 0 unspecified atom stereocenters. The van der Waals surface area contributed by atoms with E-state index in [-0.39, 0.29) is 11.8 Å². The molecule has 0 spiro atoms. The van der Waals surface area contributed by atoms with Gasteiger partial charge in [-0.3, -0.25) is 9.59 Å². The van der Waals surface area contributed by atoms with E-state index in [1.165, 1.54) is 5.56 Å². The van der Waals surface area contributed by atoms with E-state index >= 15 is 0 Å². The zero-order valence-corrected chi connectivity index (χ0v) is 16.8. The Balaban J connectivity index is 1.39. The van der Waals surface area contributed by atoms with Crippen molar-refractivity contribution < 1.29 is 14.3 Å². The first-order chi connectivity index (χ1) is 14.2. The summed E-state index contributed by atoms with van der Waals surface area (Å²) >= 11 is 0. The Morgan fingerprint density at radius 3 is 2.52 bits per heavy atom. The maximum absolute atomic E-state index is 12.8. The van der Waals surface area contributed by atoms with Crippen LogP contribution in [0.15, 0.2) is 48.5 Å². The molecule has 2 aromatic carbocycles. The summed E-state index contributed by atoms with van der Waals surface area (Å²) in [6.07, 6.45) is 4.41. The third-order valence-corrected chi connectivity index (χ3v) is 5.73. The highest BCUT2D eigenvalue weighted by Gasteiger charge is 2.23. The quantitative estimate of drug-likeness (QED) is 0.780. The van der Waals surface area contributed by atoms with Crippen LogP contribution in [-0.2, 0) is 17.8 Å².